The number of rotatable bonds is 1. The fraction of sp³-hybridized carbons (Fsp3) is 0.211. The van der Waals surface area contributed by atoms with Gasteiger partial charge in [0.15, 0.2) is 0 Å². The highest BCUT2D eigenvalue weighted by Crippen LogP contribution is 2.31. The Morgan fingerprint density at radius 2 is 1.74 bits per heavy atom. The normalized spacial score (nSPS) is 16.0. The number of hydrogen-bond donors (Lipinski definition) is 0. The van der Waals surface area contributed by atoms with Gasteiger partial charge in [-0.25, -0.2) is 0 Å². The van der Waals surface area contributed by atoms with Gasteiger partial charge in [-0.3, -0.25) is 15.0 Å². The Balaban J connectivity index is 1.93. The van der Waals surface area contributed by atoms with Gasteiger partial charge >= 0.3 is 0 Å². The lowest BCUT2D eigenvalue weighted by Gasteiger charge is -2.29. The van der Waals surface area contributed by atoms with Crippen molar-refractivity contribution in [1.82, 2.24) is 9.97 Å². The summed E-state index contributed by atoms with van der Waals surface area (Å²) >= 11 is 6.18. The average Bonchev–Trinajstić information content (AvgIpc) is 2.52. The van der Waals surface area contributed by atoms with Crippen LogP contribution in [0.15, 0.2) is 53.8 Å². The molecule has 0 saturated carbocycles. The Morgan fingerprint density at radius 1 is 0.957 bits per heavy atom. The summed E-state index contributed by atoms with van der Waals surface area (Å²) in [7, 11) is 0. The van der Waals surface area contributed by atoms with E-state index in [1.807, 2.05) is 18.2 Å². The van der Waals surface area contributed by atoms with Gasteiger partial charge in [-0.15, -0.1) is 0 Å². The maximum atomic E-state index is 6.18. The van der Waals surface area contributed by atoms with Crippen LogP contribution in [0.4, 0.5) is 0 Å². The minimum absolute atomic E-state index is 0.148. The number of benzene rings is 2. The van der Waals surface area contributed by atoms with Crippen LogP contribution in [0.3, 0.4) is 0 Å². The quantitative estimate of drug-likeness (QED) is 0.664. The summed E-state index contributed by atoms with van der Waals surface area (Å²) in [5.74, 6) is 0. The molecule has 0 amide bonds. The molecule has 0 saturated heterocycles. The zero-order chi connectivity index (χ0) is 16.0. The van der Waals surface area contributed by atoms with Gasteiger partial charge in [-0.2, -0.15) is 0 Å². The first-order chi connectivity index (χ1) is 11.0. The summed E-state index contributed by atoms with van der Waals surface area (Å²) in [5, 5.41) is 0.769. The highest BCUT2D eigenvalue weighted by atomic mass is 35.5. The van der Waals surface area contributed by atoms with E-state index in [-0.39, 0.29) is 5.54 Å². The molecular weight excluding hydrogens is 306 g/mol. The minimum atomic E-state index is -0.148. The van der Waals surface area contributed by atoms with E-state index in [1.165, 1.54) is 5.56 Å². The molecule has 2 aromatic carbocycles. The number of aromatic nitrogens is 2. The second-order valence-electron chi connectivity index (χ2n) is 6.51. The molecule has 1 aliphatic heterocycles. The molecule has 0 radical (unpaired) electrons. The van der Waals surface area contributed by atoms with Crippen LogP contribution >= 0.6 is 11.6 Å². The summed E-state index contributed by atoms with van der Waals surface area (Å²) in [5.41, 5.74) is 6.08. The van der Waals surface area contributed by atoms with Gasteiger partial charge < -0.3 is 0 Å². The molecule has 1 aliphatic rings. The summed E-state index contributed by atoms with van der Waals surface area (Å²) in [6, 6.07) is 12.2. The van der Waals surface area contributed by atoms with E-state index < -0.39 is 0 Å². The van der Waals surface area contributed by atoms with Crippen LogP contribution in [0.25, 0.3) is 11.0 Å². The predicted molar refractivity (Wildman–Crippen MR) is 94.4 cm³/mol. The Morgan fingerprint density at radius 3 is 2.57 bits per heavy atom. The molecule has 0 fully saturated rings. The fourth-order valence-electron chi connectivity index (χ4n) is 3.14. The molecule has 23 heavy (non-hydrogen) atoms. The van der Waals surface area contributed by atoms with Crippen molar-refractivity contribution in [2.24, 2.45) is 4.99 Å². The molecule has 3 aromatic rings. The standard InChI is InChI=1S/C19H16ClN3/c1-19(2)11-13-9-14(20)4-5-15(13)18(23-19)12-3-6-16-17(10-12)22-8-7-21-16/h3-10H,11H2,1-2H3. The fourth-order valence-corrected chi connectivity index (χ4v) is 3.33. The first-order valence-electron chi connectivity index (χ1n) is 7.62. The van der Waals surface area contributed by atoms with Crippen molar-refractivity contribution in [1.29, 1.82) is 0 Å². The SMILES string of the molecule is CC1(C)Cc2cc(Cl)ccc2C(c2ccc3nccnc3c2)=N1. The van der Waals surface area contributed by atoms with Crippen molar-refractivity contribution in [2.45, 2.75) is 25.8 Å². The number of aliphatic imine (C=N–C) groups is 1. The Labute approximate surface area is 140 Å². The van der Waals surface area contributed by atoms with Gasteiger partial charge in [-0.05, 0) is 50.1 Å². The summed E-state index contributed by atoms with van der Waals surface area (Å²) in [6.45, 7) is 4.30. The molecule has 0 unspecified atom stereocenters. The first kappa shape index (κ1) is 14.3. The van der Waals surface area contributed by atoms with Crippen LogP contribution in [0, 0.1) is 0 Å². The van der Waals surface area contributed by atoms with Crippen LogP contribution in [0.2, 0.25) is 5.02 Å². The summed E-state index contributed by atoms with van der Waals surface area (Å²) in [6.07, 6.45) is 4.31. The van der Waals surface area contributed by atoms with Gasteiger partial charge in [0.25, 0.3) is 0 Å². The molecule has 114 valence electrons. The van der Waals surface area contributed by atoms with E-state index in [0.717, 1.165) is 39.3 Å². The van der Waals surface area contributed by atoms with E-state index in [9.17, 15) is 0 Å². The maximum absolute atomic E-state index is 6.18. The van der Waals surface area contributed by atoms with E-state index in [4.69, 9.17) is 16.6 Å². The van der Waals surface area contributed by atoms with Gasteiger partial charge in [0.2, 0.25) is 0 Å². The van der Waals surface area contributed by atoms with Crippen molar-refractivity contribution in [3.63, 3.8) is 0 Å². The molecule has 0 aliphatic carbocycles. The van der Waals surface area contributed by atoms with E-state index >= 15 is 0 Å². The zero-order valence-corrected chi connectivity index (χ0v) is 13.8. The number of fused-ring (bicyclic) bond motifs is 2. The Kier molecular flexibility index (Phi) is 3.20. The molecule has 0 spiro atoms. The number of halogens is 1. The zero-order valence-electron chi connectivity index (χ0n) is 13.0. The molecule has 0 atom stereocenters. The highest BCUT2D eigenvalue weighted by molar-refractivity contribution is 6.31. The molecule has 4 heteroatoms. The third-order valence-corrected chi connectivity index (χ3v) is 4.34. The molecule has 0 bridgehead atoms. The minimum Gasteiger partial charge on any atom is -0.278 e. The molecule has 2 heterocycles. The third kappa shape index (κ3) is 2.62. The lowest BCUT2D eigenvalue weighted by molar-refractivity contribution is 0.513. The van der Waals surface area contributed by atoms with E-state index in [1.54, 1.807) is 12.4 Å². The monoisotopic (exact) mass is 321 g/mol. The topological polar surface area (TPSA) is 38.1 Å². The van der Waals surface area contributed by atoms with E-state index in [0.29, 0.717) is 0 Å². The van der Waals surface area contributed by atoms with Crippen molar-refractivity contribution in [3.05, 3.63) is 70.5 Å². The van der Waals surface area contributed by atoms with Crippen LogP contribution < -0.4 is 0 Å². The number of hydrogen-bond acceptors (Lipinski definition) is 3. The predicted octanol–water partition coefficient (Wildman–Crippen LogP) is 4.46. The molecule has 0 N–H and O–H groups in total. The lowest BCUT2D eigenvalue weighted by atomic mass is 9.85. The molecule has 4 rings (SSSR count). The van der Waals surface area contributed by atoms with Gasteiger partial charge in [0.1, 0.15) is 0 Å². The Bertz CT molecular complexity index is 944. The smallest absolute Gasteiger partial charge is 0.0893 e. The van der Waals surface area contributed by atoms with Crippen molar-refractivity contribution < 1.29 is 0 Å². The summed E-state index contributed by atoms with van der Waals surface area (Å²) < 4.78 is 0. The largest absolute Gasteiger partial charge is 0.278 e. The number of nitrogens with zero attached hydrogens (tertiary/aromatic N) is 3. The second kappa shape index (κ2) is 5.14. The van der Waals surface area contributed by atoms with Crippen LogP contribution in [-0.4, -0.2) is 21.2 Å². The van der Waals surface area contributed by atoms with Crippen LogP contribution in [-0.2, 0) is 6.42 Å². The van der Waals surface area contributed by atoms with Crippen molar-refractivity contribution in [3.8, 4) is 0 Å². The van der Waals surface area contributed by atoms with Gasteiger partial charge in [0.05, 0.1) is 22.3 Å². The van der Waals surface area contributed by atoms with E-state index in [2.05, 4.69) is 42.0 Å². The highest BCUT2D eigenvalue weighted by Gasteiger charge is 2.27. The molecule has 1 aromatic heterocycles. The maximum Gasteiger partial charge on any atom is 0.0893 e. The van der Waals surface area contributed by atoms with Gasteiger partial charge in [-0.1, -0.05) is 23.7 Å². The molecule has 3 nitrogen and oxygen atoms in total. The van der Waals surface area contributed by atoms with Crippen LogP contribution in [0.5, 0.6) is 0 Å². The van der Waals surface area contributed by atoms with Crippen LogP contribution in [0.1, 0.15) is 30.5 Å². The summed E-state index contributed by atoms with van der Waals surface area (Å²) in [4.78, 5) is 13.7. The van der Waals surface area contributed by atoms with Gasteiger partial charge in [0, 0.05) is 28.5 Å². The second-order valence-corrected chi connectivity index (χ2v) is 6.95. The first-order valence-corrected chi connectivity index (χ1v) is 7.99. The van der Waals surface area contributed by atoms with Crippen molar-refractivity contribution >= 4 is 28.3 Å². The molecular formula is C19H16ClN3. The average molecular weight is 322 g/mol. The lowest BCUT2D eigenvalue weighted by Crippen LogP contribution is -2.29. The van der Waals surface area contributed by atoms with Crippen molar-refractivity contribution in [2.75, 3.05) is 0 Å². The Hall–Kier alpha value is -2.26. The third-order valence-electron chi connectivity index (χ3n) is 4.10.